The van der Waals surface area contributed by atoms with Crippen molar-refractivity contribution in [3.63, 3.8) is 0 Å². The summed E-state index contributed by atoms with van der Waals surface area (Å²) in [6, 6.07) is 5.97. The molecule has 0 atom stereocenters. The van der Waals surface area contributed by atoms with E-state index in [4.69, 9.17) is 9.47 Å². The predicted octanol–water partition coefficient (Wildman–Crippen LogP) is 2.69. The number of hydrogen-bond donors (Lipinski definition) is 0. The van der Waals surface area contributed by atoms with Crippen LogP contribution in [0.5, 0.6) is 11.5 Å². The molecule has 1 saturated carbocycles. The van der Waals surface area contributed by atoms with Gasteiger partial charge in [0.25, 0.3) is 0 Å². The van der Waals surface area contributed by atoms with Crippen LogP contribution in [0.3, 0.4) is 0 Å². The van der Waals surface area contributed by atoms with Crippen molar-refractivity contribution in [2.45, 2.75) is 50.5 Å². The molecule has 1 aliphatic carbocycles. The van der Waals surface area contributed by atoms with Crippen LogP contribution in [-0.4, -0.2) is 51.4 Å². The molecule has 2 aromatic rings. The Balaban J connectivity index is 1.57. The van der Waals surface area contributed by atoms with Crippen molar-refractivity contribution < 1.29 is 9.47 Å². The van der Waals surface area contributed by atoms with Crippen molar-refractivity contribution in [3.8, 4) is 17.2 Å². The van der Waals surface area contributed by atoms with Crippen molar-refractivity contribution >= 4 is 0 Å². The molecule has 0 N–H and O–H groups in total. The van der Waals surface area contributed by atoms with Crippen LogP contribution in [0.25, 0.3) is 5.69 Å². The Hall–Kier alpha value is -2.15. The molecule has 1 aromatic heterocycles. The minimum Gasteiger partial charge on any atom is -0.486 e. The number of benzene rings is 1. The van der Waals surface area contributed by atoms with Gasteiger partial charge in [0, 0.05) is 6.07 Å². The molecule has 7 nitrogen and oxygen atoms in total. The summed E-state index contributed by atoms with van der Waals surface area (Å²) in [4.78, 5) is 2.63. The lowest BCUT2D eigenvalue weighted by Gasteiger charge is -2.43. The quantitative estimate of drug-likeness (QED) is 0.843. The minimum atomic E-state index is -0.0362. The van der Waals surface area contributed by atoms with Crippen LogP contribution in [0.2, 0.25) is 0 Å². The second kappa shape index (κ2) is 6.54. The fraction of sp³-hybridized carbons (Fsp3) is 0.632. The molecule has 1 aromatic carbocycles. The van der Waals surface area contributed by atoms with Gasteiger partial charge in [-0.1, -0.05) is 19.3 Å². The van der Waals surface area contributed by atoms with Crippen LogP contribution in [0.4, 0.5) is 0 Å². The van der Waals surface area contributed by atoms with Gasteiger partial charge < -0.3 is 9.47 Å². The van der Waals surface area contributed by atoms with E-state index in [0.29, 0.717) is 13.2 Å². The van der Waals surface area contributed by atoms with Crippen molar-refractivity contribution in [1.82, 2.24) is 25.1 Å². The highest BCUT2D eigenvalue weighted by Gasteiger charge is 2.45. The summed E-state index contributed by atoms with van der Waals surface area (Å²) in [5, 5.41) is 13.0. The lowest BCUT2D eigenvalue weighted by molar-refractivity contribution is 0.0595. The minimum absolute atomic E-state index is 0.0362. The van der Waals surface area contributed by atoms with Crippen molar-refractivity contribution in [1.29, 1.82) is 0 Å². The van der Waals surface area contributed by atoms with Gasteiger partial charge in [-0.15, -0.1) is 5.10 Å². The van der Waals surface area contributed by atoms with Crippen LogP contribution in [0, 0.1) is 0 Å². The molecule has 0 radical (unpaired) electrons. The van der Waals surface area contributed by atoms with E-state index in [1.54, 1.807) is 0 Å². The topological polar surface area (TPSA) is 65.3 Å². The molecule has 1 saturated heterocycles. The van der Waals surface area contributed by atoms with Gasteiger partial charge in [-0.2, -0.15) is 4.68 Å². The van der Waals surface area contributed by atoms with E-state index in [1.165, 1.54) is 32.1 Å². The highest BCUT2D eigenvalue weighted by atomic mass is 16.6. The van der Waals surface area contributed by atoms with Gasteiger partial charge >= 0.3 is 0 Å². The standard InChI is InChI=1S/C19H25N5O2/c1-2-8-19(9-3-1,23-10-4-5-11-23)18-20-21-22-24(18)15-6-7-16-17(14-15)26-13-12-25-16/h6-7,14H,1-5,8-13H2. The first-order valence-corrected chi connectivity index (χ1v) is 9.81. The number of likely N-dealkylation sites (tertiary alicyclic amines) is 1. The fourth-order valence-electron chi connectivity index (χ4n) is 4.78. The van der Waals surface area contributed by atoms with Crippen LogP contribution < -0.4 is 9.47 Å². The highest BCUT2D eigenvalue weighted by molar-refractivity contribution is 5.49. The lowest BCUT2D eigenvalue weighted by atomic mass is 9.79. The molecule has 7 heteroatoms. The molecule has 0 spiro atoms. The molecular formula is C19H25N5O2. The summed E-state index contributed by atoms with van der Waals surface area (Å²) < 4.78 is 13.3. The average molecular weight is 355 g/mol. The maximum absolute atomic E-state index is 5.76. The largest absolute Gasteiger partial charge is 0.486 e. The second-order valence-electron chi connectivity index (χ2n) is 7.53. The zero-order valence-electron chi connectivity index (χ0n) is 15.1. The normalized spacial score (nSPS) is 22.5. The number of ether oxygens (including phenoxy) is 2. The van der Waals surface area contributed by atoms with Crippen LogP contribution >= 0.6 is 0 Å². The smallest absolute Gasteiger partial charge is 0.176 e. The Labute approximate surface area is 153 Å². The van der Waals surface area contributed by atoms with E-state index < -0.39 is 0 Å². The molecule has 2 aliphatic heterocycles. The van der Waals surface area contributed by atoms with E-state index in [9.17, 15) is 0 Å². The third kappa shape index (κ3) is 2.57. The molecule has 5 rings (SSSR count). The summed E-state index contributed by atoms with van der Waals surface area (Å²) in [7, 11) is 0. The molecule has 2 fully saturated rings. The first-order valence-electron chi connectivity index (χ1n) is 9.81. The molecular weight excluding hydrogens is 330 g/mol. The zero-order chi connectivity index (χ0) is 17.4. The van der Waals surface area contributed by atoms with Gasteiger partial charge in [-0.3, -0.25) is 4.90 Å². The third-order valence-corrected chi connectivity index (χ3v) is 6.05. The summed E-state index contributed by atoms with van der Waals surface area (Å²) in [6.45, 7) is 3.47. The van der Waals surface area contributed by atoms with E-state index in [2.05, 4.69) is 20.4 Å². The van der Waals surface area contributed by atoms with Gasteiger partial charge in [0.2, 0.25) is 0 Å². The van der Waals surface area contributed by atoms with E-state index >= 15 is 0 Å². The summed E-state index contributed by atoms with van der Waals surface area (Å²) >= 11 is 0. The fourth-order valence-corrected chi connectivity index (χ4v) is 4.78. The molecule has 0 amide bonds. The first kappa shape index (κ1) is 16.1. The van der Waals surface area contributed by atoms with Gasteiger partial charge in [0.1, 0.15) is 13.2 Å². The molecule has 3 aliphatic rings. The van der Waals surface area contributed by atoms with Gasteiger partial charge in [-0.05, 0) is 61.3 Å². The van der Waals surface area contributed by atoms with Crippen LogP contribution in [0.15, 0.2) is 18.2 Å². The Bertz CT molecular complexity index is 778. The number of tetrazole rings is 1. The van der Waals surface area contributed by atoms with Crippen molar-refractivity contribution in [2.24, 2.45) is 0 Å². The molecule has 138 valence electrons. The van der Waals surface area contributed by atoms with Gasteiger partial charge in [0.15, 0.2) is 17.3 Å². The van der Waals surface area contributed by atoms with Gasteiger partial charge in [0.05, 0.1) is 11.2 Å². The summed E-state index contributed by atoms with van der Waals surface area (Å²) in [5.41, 5.74) is 0.907. The van der Waals surface area contributed by atoms with Gasteiger partial charge in [-0.25, -0.2) is 0 Å². The third-order valence-electron chi connectivity index (χ3n) is 6.05. The lowest BCUT2D eigenvalue weighted by Crippen LogP contribution is -2.47. The molecule has 26 heavy (non-hydrogen) atoms. The molecule has 0 unspecified atom stereocenters. The van der Waals surface area contributed by atoms with Crippen molar-refractivity contribution in [3.05, 3.63) is 24.0 Å². The average Bonchev–Trinajstić information content (AvgIpc) is 3.40. The Morgan fingerprint density at radius 1 is 0.885 bits per heavy atom. The second-order valence-corrected chi connectivity index (χ2v) is 7.53. The Morgan fingerprint density at radius 2 is 1.65 bits per heavy atom. The predicted molar refractivity (Wildman–Crippen MR) is 95.7 cm³/mol. The summed E-state index contributed by atoms with van der Waals surface area (Å²) in [6.07, 6.45) is 8.60. The number of rotatable bonds is 3. The number of hydrogen-bond acceptors (Lipinski definition) is 6. The van der Waals surface area contributed by atoms with E-state index in [1.807, 2.05) is 22.9 Å². The van der Waals surface area contributed by atoms with Crippen molar-refractivity contribution in [2.75, 3.05) is 26.3 Å². The Kier molecular flexibility index (Phi) is 4.04. The van der Waals surface area contributed by atoms with Crippen LogP contribution in [0.1, 0.15) is 50.8 Å². The monoisotopic (exact) mass is 355 g/mol. The SMILES string of the molecule is c1cc2c(cc1-n1nnnc1C1(N3CCCC3)CCCCC1)OCCO2. The molecule has 0 bridgehead atoms. The van der Waals surface area contributed by atoms with Crippen LogP contribution in [-0.2, 0) is 5.54 Å². The molecule has 3 heterocycles. The summed E-state index contributed by atoms with van der Waals surface area (Å²) in [5.74, 6) is 2.55. The first-order chi connectivity index (χ1) is 12.9. The van der Waals surface area contributed by atoms with E-state index in [0.717, 1.165) is 48.9 Å². The maximum Gasteiger partial charge on any atom is 0.176 e. The highest BCUT2D eigenvalue weighted by Crippen LogP contribution is 2.43. The maximum atomic E-state index is 5.76. The number of aromatic nitrogens is 4. The Morgan fingerprint density at radius 3 is 2.46 bits per heavy atom. The number of nitrogens with zero attached hydrogens (tertiary/aromatic N) is 5. The number of fused-ring (bicyclic) bond motifs is 1. The zero-order valence-corrected chi connectivity index (χ0v) is 15.1. The van der Waals surface area contributed by atoms with E-state index in [-0.39, 0.29) is 5.54 Å².